The number of anilines is 1. The van der Waals surface area contributed by atoms with E-state index in [0.29, 0.717) is 5.56 Å². The topological polar surface area (TPSA) is 32.3 Å². The van der Waals surface area contributed by atoms with Gasteiger partial charge in [0, 0.05) is 17.8 Å². The van der Waals surface area contributed by atoms with Crippen LogP contribution < -0.4 is 5.32 Å². The minimum Gasteiger partial charge on any atom is -0.508 e. The van der Waals surface area contributed by atoms with Gasteiger partial charge < -0.3 is 10.4 Å². The summed E-state index contributed by atoms with van der Waals surface area (Å²) in [6.45, 7) is 1.81. The molecule has 0 aliphatic carbocycles. The Bertz CT molecular complexity index is 520. The van der Waals surface area contributed by atoms with E-state index in [-0.39, 0.29) is 11.8 Å². The third-order valence-electron chi connectivity index (χ3n) is 2.64. The Morgan fingerprint density at radius 1 is 1.00 bits per heavy atom. The fraction of sp³-hybridized carbons (Fsp3) is 0.143. The SMILES string of the molecule is CC(Nc1ccc(O)cc1)c1cc(F)cc(F)c1. The molecule has 0 heterocycles. The molecule has 0 saturated carbocycles. The Balaban J connectivity index is 2.16. The number of phenolic OH excluding ortho intramolecular Hbond substituents is 1. The van der Waals surface area contributed by atoms with Gasteiger partial charge in [0.1, 0.15) is 17.4 Å². The molecule has 0 fully saturated rings. The molecule has 0 spiro atoms. The summed E-state index contributed by atoms with van der Waals surface area (Å²) < 4.78 is 26.2. The van der Waals surface area contributed by atoms with Crippen molar-refractivity contribution in [3.8, 4) is 5.75 Å². The van der Waals surface area contributed by atoms with Gasteiger partial charge in [-0.15, -0.1) is 0 Å². The van der Waals surface area contributed by atoms with E-state index in [0.717, 1.165) is 11.8 Å². The monoisotopic (exact) mass is 249 g/mol. The lowest BCUT2D eigenvalue weighted by molar-refractivity contribution is 0.475. The number of nitrogens with one attached hydrogen (secondary N) is 1. The number of benzene rings is 2. The zero-order valence-corrected chi connectivity index (χ0v) is 9.82. The van der Waals surface area contributed by atoms with Crippen molar-refractivity contribution in [1.82, 2.24) is 0 Å². The molecule has 0 aromatic heterocycles. The van der Waals surface area contributed by atoms with Crippen molar-refractivity contribution < 1.29 is 13.9 Å². The van der Waals surface area contributed by atoms with E-state index in [4.69, 9.17) is 5.11 Å². The van der Waals surface area contributed by atoms with E-state index >= 15 is 0 Å². The van der Waals surface area contributed by atoms with E-state index in [1.807, 2.05) is 0 Å². The van der Waals surface area contributed by atoms with Gasteiger partial charge in [-0.05, 0) is 48.9 Å². The second kappa shape index (κ2) is 5.04. The number of aromatic hydroxyl groups is 1. The van der Waals surface area contributed by atoms with Crippen LogP contribution in [0.3, 0.4) is 0 Å². The zero-order chi connectivity index (χ0) is 13.1. The van der Waals surface area contributed by atoms with Crippen molar-refractivity contribution in [3.05, 3.63) is 59.7 Å². The molecule has 0 aliphatic heterocycles. The van der Waals surface area contributed by atoms with Gasteiger partial charge in [0.05, 0.1) is 0 Å². The molecule has 4 heteroatoms. The van der Waals surface area contributed by atoms with E-state index in [2.05, 4.69) is 5.32 Å². The van der Waals surface area contributed by atoms with Crippen molar-refractivity contribution in [1.29, 1.82) is 0 Å². The average molecular weight is 249 g/mol. The molecule has 1 atom stereocenters. The van der Waals surface area contributed by atoms with Crippen LogP contribution in [0.1, 0.15) is 18.5 Å². The summed E-state index contributed by atoms with van der Waals surface area (Å²) in [5, 5.41) is 12.2. The fourth-order valence-electron chi connectivity index (χ4n) is 1.72. The minimum absolute atomic E-state index is 0.171. The van der Waals surface area contributed by atoms with Crippen LogP contribution in [0.5, 0.6) is 5.75 Å². The standard InChI is InChI=1S/C14H13F2NO/c1-9(10-6-11(15)8-12(16)7-10)17-13-2-4-14(18)5-3-13/h2-9,17-18H,1H3. The molecule has 0 bridgehead atoms. The molecule has 2 aromatic rings. The van der Waals surface area contributed by atoms with Crippen LogP contribution >= 0.6 is 0 Å². The van der Waals surface area contributed by atoms with Gasteiger partial charge in [0.25, 0.3) is 0 Å². The fourth-order valence-corrected chi connectivity index (χ4v) is 1.72. The van der Waals surface area contributed by atoms with Gasteiger partial charge in [-0.2, -0.15) is 0 Å². The minimum atomic E-state index is -0.593. The van der Waals surface area contributed by atoms with E-state index in [1.165, 1.54) is 12.1 Å². The lowest BCUT2D eigenvalue weighted by Gasteiger charge is -2.16. The molecule has 94 valence electrons. The van der Waals surface area contributed by atoms with Crippen LogP contribution in [-0.2, 0) is 0 Å². The smallest absolute Gasteiger partial charge is 0.126 e. The van der Waals surface area contributed by atoms with E-state index in [1.54, 1.807) is 31.2 Å². The molecule has 0 saturated heterocycles. The highest BCUT2D eigenvalue weighted by Gasteiger charge is 2.08. The highest BCUT2D eigenvalue weighted by Crippen LogP contribution is 2.22. The third-order valence-corrected chi connectivity index (χ3v) is 2.64. The molecule has 0 amide bonds. The number of rotatable bonds is 3. The van der Waals surface area contributed by atoms with E-state index < -0.39 is 11.6 Å². The summed E-state index contributed by atoms with van der Waals surface area (Å²) in [5.41, 5.74) is 1.30. The molecule has 1 unspecified atom stereocenters. The number of hydrogen-bond acceptors (Lipinski definition) is 2. The van der Waals surface area contributed by atoms with Gasteiger partial charge in [-0.3, -0.25) is 0 Å². The van der Waals surface area contributed by atoms with Crippen LogP contribution in [0.2, 0.25) is 0 Å². The molecule has 2 nitrogen and oxygen atoms in total. The summed E-state index contributed by atoms with van der Waals surface area (Å²) in [6, 6.07) is 9.67. The highest BCUT2D eigenvalue weighted by molar-refractivity contribution is 5.47. The molecular weight excluding hydrogens is 236 g/mol. The maximum Gasteiger partial charge on any atom is 0.126 e. The summed E-state index contributed by atoms with van der Waals surface area (Å²) in [4.78, 5) is 0. The Labute approximate surface area is 104 Å². The predicted octanol–water partition coefficient (Wildman–Crippen LogP) is 3.84. The van der Waals surface area contributed by atoms with Crippen molar-refractivity contribution in [3.63, 3.8) is 0 Å². The van der Waals surface area contributed by atoms with Gasteiger partial charge in [-0.25, -0.2) is 8.78 Å². The summed E-state index contributed by atoms with van der Waals surface area (Å²) in [6.07, 6.45) is 0. The Morgan fingerprint density at radius 3 is 2.11 bits per heavy atom. The molecule has 2 rings (SSSR count). The first-order valence-corrected chi connectivity index (χ1v) is 5.56. The van der Waals surface area contributed by atoms with Gasteiger partial charge in [0.2, 0.25) is 0 Å². The first-order chi connectivity index (χ1) is 8.54. The van der Waals surface area contributed by atoms with Gasteiger partial charge in [0.15, 0.2) is 0 Å². The molecular formula is C14H13F2NO. The summed E-state index contributed by atoms with van der Waals surface area (Å²) in [5.74, 6) is -1.02. The van der Waals surface area contributed by atoms with Gasteiger partial charge in [-0.1, -0.05) is 0 Å². The van der Waals surface area contributed by atoms with Crippen LogP contribution in [0.15, 0.2) is 42.5 Å². The second-order valence-corrected chi connectivity index (χ2v) is 4.12. The van der Waals surface area contributed by atoms with Gasteiger partial charge >= 0.3 is 0 Å². The average Bonchev–Trinajstić information content (AvgIpc) is 2.31. The number of phenols is 1. The van der Waals surface area contributed by atoms with Crippen molar-refractivity contribution in [2.24, 2.45) is 0 Å². The maximum absolute atomic E-state index is 13.1. The third kappa shape index (κ3) is 2.97. The van der Waals surface area contributed by atoms with Crippen LogP contribution in [-0.4, -0.2) is 5.11 Å². The first-order valence-electron chi connectivity index (χ1n) is 5.56. The molecule has 18 heavy (non-hydrogen) atoms. The van der Waals surface area contributed by atoms with Crippen molar-refractivity contribution in [2.75, 3.05) is 5.32 Å². The van der Waals surface area contributed by atoms with Crippen molar-refractivity contribution in [2.45, 2.75) is 13.0 Å². The second-order valence-electron chi connectivity index (χ2n) is 4.12. The van der Waals surface area contributed by atoms with Crippen LogP contribution in [0.4, 0.5) is 14.5 Å². The molecule has 2 aromatic carbocycles. The lowest BCUT2D eigenvalue weighted by atomic mass is 10.1. The zero-order valence-electron chi connectivity index (χ0n) is 9.82. The Hall–Kier alpha value is -2.10. The van der Waals surface area contributed by atoms with E-state index in [9.17, 15) is 8.78 Å². The molecule has 2 N–H and O–H groups in total. The van der Waals surface area contributed by atoms with Crippen LogP contribution in [0, 0.1) is 11.6 Å². The maximum atomic E-state index is 13.1. The quantitative estimate of drug-likeness (QED) is 0.810. The normalized spacial score (nSPS) is 12.2. The molecule has 0 radical (unpaired) electrons. The summed E-state index contributed by atoms with van der Waals surface area (Å²) in [7, 11) is 0. The number of halogens is 2. The Morgan fingerprint density at radius 2 is 1.56 bits per heavy atom. The predicted molar refractivity (Wildman–Crippen MR) is 66.5 cm³/mol. The number of hydrogen-bond donors (Lipinski definition) is 2. The lowest BCUT2D eigenvalue weighted by Crippen LogP contribution is -2.07. The Kier molecular flexibility index (Phi) is 3.46. The first kappa shape index (κ1) is 12.4. The molecule has 0 aliphatic rings. The van der Waals surface area contributed by atoms with Crippen LogP contribution in [0.25, 0.3) is 0 Å². The largest absolute Gasteiger partial charge is 0.508 e. The van der Waals surface area contributed by atoms with Crippen molar-refractivity contribution >= 4 is 5.69 Å². The summed E-state index contributed by atoms with van der Waals surface area (Å²) >= 11 is 0. The highest BCUT2D eigenvalue weighted by atomic mass is 19.1.